The third-order valence-corrected chi connectivity index (χ3v) is 4.30. The number of benzene rings is 1. The SMILES string of the molecule is Cc1ccc(C(=O)N2CCO[C@H](Cc3cccc(C(F)(F)F)c3)C2)cn1. The van der Waals surface area contributed by atoms with Crippen LogP contribution in [0.1, 0.15) is 27.2 Å². The molecule has 7 heteroatoms. The minimum Gasteiger partial charge on any atom is -0.374 e. The fourth-order valence-corrected chi connectivity index (χ4v) is 2.94. The molecule has 0 unspecified atom stereocenters. The molecule has 1 aromatic heterocycles. The van der Waals surface area contributed by atoms with Crippen LogP contribution in [0.2, 0.25) is 0 Å². The molecule has 0 spiro atoms. The van der Waals surface area contributed by atoms with Crippen LogP contribution in [-0.2, 0) is 17.3 Å². The number of halogens is 3. The minimum atomic E-state index is -4.37. The second kappa shape index (κ2) is 7.45. The van der Waals surface area contributed by atoms with Crippen molar-refractivity contribution in [2.24, 2.45) is 0 Å². The molecule has 0 bridgehead atoms. The van der Waals surface area contributed by atoms with Gasteiger partial charge in [0.2, 0.25) is 0 Å². The van der Waals surface area contributed by atoms with E-state index in [1.54, 1.807) is 23.1 Å². The number of rotatable bonds is 3. The summed E-state index contributed by atoms with van der Waals surface area (Å²) in [5.41, 5.74) is 1.18. The van der Waals surface area contributed by atoms with Gasteiger partial charge in [0.25, 0.3) is 5.91 Å². The number of hydrogen-bond acceptors (Lipinski definition) is 3. The van der Waals surface area contributed by atoms with Gasteiger partial charge in [-0.15, -0.1) is 0 Å². The quantitative estimate of drug-likeness (QED) is 0.837. The number of hydrogen-bond donors (Lipinski definition) is 0. The maximum atomic E-state index is 12.8. The Morgan fingerprint density at radius 3 is 2.81 bits per heavy atom. The fourth-order valence-electron chi connectivity index (χ4n) is 2.94. The zero-order valence-corrected chi connectivity index (χ0v) is 14.3. The number of pyridine rings is 1. The van der Waals surface area contributed by atoms with Crippen LogP contribution >= 0.6 is 0 Å². The average molecular weight is 364 g/mol. The Labute approximate surface area is 149 Å². The van der Waals surface area contributed by atoms with Crippen LogP contribution in [-0.4, -0.2) is 41.6 Å². The summed E-state index contributed by atoms with van der Waals surface area (Å²) in [5.74, 6) is -0.144. The Bertz CT molecular complexity index is 775. The number of aryl methyl sites for hydroxylation is 1. The van der Waals surface area contributed by atoms with Gasteiger partial charge in [-0.2, -0.15) is 13.2 Å². The molecule has 1 aliphatic heterocycles. The highest BCUT2D eigenvalue weighted by molar-refractivity contribution is 5.94. The molecular weight excluding hydrogens is 345 g/mol. The van der Waals surface area contributed by atoms with Crippen molar-refractivity contribution in [2.45, 2.75) is 25.6 Å². The van der Waals surface area contributed by atoms with E-state index >= 15 is 0 Å². The van der Waals surface area contributed by atoms with Crippen molar-refractivity contribution >= 4 is 5.91 Å². The van der Waals surface area contributed by atoms with E-state index in [0.717, 1.165) is 17.8 Å². The van der Waals surface area contributed by atoms with Gasteiger partial charge in [-0.05, 0) is 30.7 Å². The van der Waals surface area contributed by atoms with Gasteiger partial charge in [-0.3, -0.25) is 9.78 Å². The molecule has 1 atom stereocenters. The molecule has 0 N–H and O–H groups in total. The van der Waals surface area contributed by atoms with Gasteiger partial charge >= 0.3 is 6.18 Å². The molecule has 3 rings (SSSR count). The minimum absolute atomic E-state index is 0.144. The van der Waals surface area contributed by atoms with Crippen LogP contribution in [0.4, 0.5) is 13.2 Å². The molecule has 2 heterocycles. The summed E-state index contributed by atoms with van der Waals surface area (Å²) < 4.78 is 44.2. The van der Waals surface area contributed by atoms with Crippen molar-refractivity contribution in [3.63, 3.8) is 0 Å². The highest BCUT2D eigenvalue weighted by Gasteiger charge is 2.31. The first-order valence-corrected chi connectivity index (χ1v) is 8.32. The van der Waals surface area contributed by atoms with Crippen molar-refractivity contribution in [1.82, 2.24) is 9.88 Å². The topological polar surface area (TPSA) is 42.4 Å². The average Bonchev–Trinajstić information content (AvgIpc) is 2.61. The van der Waals surface area contributed by atoms with E-state index in [0.29, 0.717) is 37.2 Å². The highest BCUT2D eigenvalue weighted by Crippen LogP contribution is 2.30. The fraction of sp³-hybridized carbons (Fsp3) is 0.368. The van der Waals surface area contributed by atoms with Crippen molar-refractivity contribution in [3.05, 3.63) is 65.0 Å². The maximum absolute atomic E-state index is 12.8. The molecule has 1 aromatic carbocycles. The number of carbonyl (C=O) groups is 1. The number of amides is 1. The van der Waals surface area contributed by atoms with Gasteiger partial charge in [-0.25, -0.2) is 0 Å². The van der Waals surface area contributed by atoms with Gasteiger partial charge in [0, 0.05) is 31.4 Å². The van der Waals surface area contributed by atoms with Crippen LogP contribution < -0.4 is 0 Å². The summed E-state index contributed by atoms with van der Waals surface area (Å²) >= 11 is 0. The van der Waals surface area contributed by atoms with E-state index < -0.39 is 11.7 Å². The summed E-state index contributed by atoms with van der Waals surface area (Å²) in [4.78, 5) is 18.4. The van der Waals surface area contributed by atoms with E-state index in [4.69, 9.17) is 4.74 Å². The molecule has 0 saturated carbocycles. The molecule has 0 radical (unpaired) electrons. The molecule has 1 saturated heterocycles. The number of aromatic nitrogens is 1. The zero-order chi connectivity index (χ0) is 18.7. The molecule has 1 fully saturated rings. The lowest BCUT2D eigenvalue weighted by molar-refractivity contribution is -0.137. The molecule has 138 valence electrons. The third kappa shape index (κ3) is 4.40. The van der Waals surface area contributed by atoms with Crippen LogP contribution in [0, 0.1) is 6.92 Å². The number of alkyl halides is 3. The second-order valence-corrected chi connectivity index (χ2v) is 6.33. The molecular formula is C19H19F3N2O2. The Hall–Kier alpha value is -2.41. The summed E-state index contributed by atoms with van der Waals surface area (Å²) in [5, 5.41) is 0. The first-order chi connectivity index (χ1) is 12.3. The van der Waals surface area contributed by atoms with Gasteiger partial charge < -0.3 is 9.64 Å². The largest absolute Gasteiger partial charge is 0.416 e. The molecule has 1 amide bonds. The van der Waals surface area contributed by atoms with Gasteiger partial charge in [0.15, 0.2) is 0 Å². The van der Waals surface area contributed by atoms with Crippen LogP contribution in [0.5, 0.6) is 0 Å². The third-order valence-electron chi connectivity index (χ3n) is 4.30. The molecule has 1 aliphatic rings. The molecule has 0 aliphatic carbocycles. The standard InChI is InChI=1S/C19H19F3N2O2/c1-13-5-6-15(11-23-13)18(25)24-7-8-26-17(12-24)10-14-3-2-4-16(9-14)19(20,21)22/h2-6,9,11,17H,7-8,10,12H2,1H3/t17-/m1/s1. The van der Waals surface area contributed by atoms with Crippen molar-refractivity contribution in [3.8, 4) is 0 Å². The Morgan fingerprint density at radius 2 is 2.12 bits per heavy atom. The Kier molecular flexibility index (Phi) is 5.27. The van der Waals surface area contributed by atoms with E-state index in [2.05, 4.69) is 4.98 Å². The lowest BCUT2D eigenvalue weighted by Crippen LogP contribution is -2.46. The van der Waals surface area contributed by atoms with Crippen molar-refractivity contribution in [1.29, 1.82) is 0 Å². The van der Waals surface area contributed by atoms with Crippen LogP contribution in [0.25, 0.3) is 0 Å². The first kappa shape index (κ1) is 18.4. The summed E-state index contributed by atoms with van der Waals surface area (Å²) in [6, 6.07) is 8.71. The summed E-state index contributed by atoms with van der Waals surface area (Å²) in [6.07, 6.45) is -2.85. The van der Waals surface area contributed by atoms with Crippen molar-refractivity contribution < 1.29 is 22.7 Å². The number of carbonyl (C=O) groups excluding carboxylic acids is 1. The monoisotopic (exact) mass is 364 g/mol. The first-order valence-electron chi connectivity index (χ1n) is 8.32. The van der Waals surface area contributed by atoms with Crippen molar-refractivity contribution in [2.75, 3.05) is 19.7 Å². The van der Waals surface area contributed by atoms with E-state index in [-0.39, 0.29) is 12.0 Å². The van der Waals surface area contributed by atoms with E-state index in [9.17, 15) is 18.0 Å². The molecule has 2 aromatic rings. The number of morpholine rings is 1. The smallest absolute Gasteiger partial charge is 0.374 e. The summed E-state index contributed by atoms with van der Waals surface area (Å²) in [6.45, 7) is 2.98. The second-order valence-electron chi connectivity index (χ2n) is 6.33. The van der Waals surface area contributed by atoms with Gasteiger partial charge in [0.05, 0.1) is 23.8 Å². The van der Waals surface area contributed by atoms with Gasteiger partial charge in [0.1, 0.15) is 0 Å². The Balaban J connectivity index is 1.67. The maximum Gasteiger partial charge on any atom is 0.416 e. The number of ether oxygens (including phenoxy) is 1. The highest BCUT2D eigenvalue weighted by atomic mass is 19.4. The predicted octanol–water partition coefficient (Wildman–Crippen LogP) is 3.49. The van der Waals surface area contributed by atoms with E-state index in [1.165, 1.54) is 12.3 Å². The normalized spacial score (nSPS) is 18.0. The van der Waals surface area contributed by atoms with E-state index in [1.807, 2.05) is 6.92 Å². The summed E-state index contributed by atoms with van der Waals surface area (Å²) in [7, 11) is 0. The lowest BCUT2D eigenvalue weighted by Gasteiger charge is -2.33. The lowest BCUT2D eigenvalue weighted by atomic mass is 10.0. The Morgan fingerprint density at radius 1 is 1.31 bits per heavy atom. The number of nitrogens with zero attached hydrogens (tertiary/aromatic N) is 2. The van der Waals surface area contributed by atoms with Crippen LogP contribution in [0.15, 0.2) is 42.6 Å². The zero-order valence-electron chi connectivity index (χ0n) is 14.3. The van der Waals surface area contributed by atoms with Gasteiger partial charge in [-0.1, -0.05) is 18.2 Å². The predicted molar refractivity (Wildman–Crippen MR) is 89.8 cm³/mol. The van der Waals surface area contributed by atoms with Crippen LogP contribution in [0.3, 0.4) is 0 Å². The molecule has 26 heavy (non-hydrogen) atoms. The molecule has 4 nitrogen and oxygen atoms in total.